The smallest absolute Gasteiger partial charge is 0.350 e. The summed E-state index contributed by atoms with van der Waals surface area (Å²) in [6.07, 6.45) is -3.76. The van der Waals surface area contributed by atoms with Gasteiger partial charge in [-0.05, 0) is 13.0 Å². The van der Waals surface area contributed by atoms with Crippen LogP contribution in [-0.4, -0.2) is 29.5 Å². The second kappa shape index (κ2) is 4.75. The summed E-state index contributed by atoms with van der Waals surface area (Å²) < 4.78 is 39.7. The Morgan fingerprint density at radius 2 is 2.13 bits per heavy atom. The Balaban J connectivity index is 2.67. The maximum Gasteiger partial charge on any atom is 0.452 e. The zero-order valence-corrected chi connectivity index (χ0v) is 8.90. The van der Waals surface area contributed by atoms with E-state index in [0.717, 1.165) is 11.5 Å². The predicted octanol–water partition coefficient (Wildman–Crippen LogP) is 1.34. The first kappa shape index (κ1) is 12.2. The van der Waals surface area contributed by atoms with E-state index in [1.165, 1.54) is 0 Å². The molecule has 0 atom stereocenters. The normalized spacial score (nSPS) is 11.8. The van der Waals surface area contributed by atoms with Crippen LogP contribution in [0.3, 0.4) is 0 Å². The first-order chi connectivity index (χ1) is 6.95. The molecular formula is C7H11F3N4S. The van der Waals surface area contributed by atoms with E-state index < -0.39 is 12.0 Å². The number of alkyl halides is 3. The molecule has 0 spiro atoms. The molecule has 2 N–H and O–H groups in total. The van der Waals surface area contributed by atoms with Crippen molar-refractivity contribution in [3.05, 3.63) is 5.82 Å². The van der Waals surface area contributed by atoms with Crippen molar-refractivity contribution in [2.24, 2.45) is 5.73 Å². The largest absolute Gasteiger partial charge is 0.452 e. The molecule has 0 bridgehead atoms. The molecule has 0 aliphatic rings. The van der Waals surface area contributed by atoms with Crippen LogP contribution in [0, 0.1) is 0 Å². The van der Waals surface area contributed by atoms with Crippen molar-refractivity contribution in [2.75, 3.05) is 25.0 Å². The van der Waals surface area contributed by atoms with Crippen LogP contribution in [-0.2, 0) is 6.18 Å². The van der Waals surface area contributed by atoms with Crippen LogP contribution >= 0.6 is 11.5 Å². The van der Waals surface area contributed by atoms with Gasteiger partial charge < -0.3 is 10.6 Å². The third-order valence-corrected chi connectivity index (χ3v) is 2.52. The summed E-state index contributed by atoms with van der Waals surface area (Å²) in [6.45, 7) is 1.07. The quantitative estimate of drug-likeness (QED) is 0.863. The average molecular weight is 240 g/mol. The molecule has 0 aliphatic heterocycles. The molecule has 0 aliphatic carbocycles. The van der Waals surface area contributed by atoms with Gasteiger partial charge in [0.1, 0.15) is 0 Å². The minimum Gasteiger partial charge on any atom is -0.350 e. The molecule has 0 unspecified atom stereocenters. The molecule has 1 aromatic rings. The fraction of sp³-hybridized carbons (Fsp3) is 0.714. The van der Waals surface area contributed by atoms with E-state index in [2.05, 4.69) is 9.36 Å². The van der Waals surface area contributed by atoms with Crippen molar-refractivity contribution in [1.82, 2.24) is 9.36 Å². The highest BCUT2D eigenvalue weighted by Gasteiger charge is 2.36. The van der Waals surface area contributed by atoms with Gasteiger partial charge in [-0.1, -0.05) is 0 Å². The van der Waals surface area contributed by atoms with E-state index in [9.17, 15) is 13.2 Å². The van der Waals surface area contributed by atoms with Crippen molar-refractivity contribution in [1.29, 1.82) is 0 Å². The Morgan fingerprint density at radius 1 is 1.47 bits per heavy atom. The number of nitrogens with zero attached hydrogens (tertiary/aromatic N) is 3. The van der Waals surface area contributed by atoms with Crippen molar-refractivity contribution in [3.63, 3.8) is 0 Å². The minimum absolute atomic E-state index is 0.260. The molecule has 1 rings (SSSR count). The number of aromatic nitrogens is 2. The summed E-state index contributed by atoms with van der Waals surface area (Å²) in [4.78, 5) is 5.01. The number of nitrogens with two attached hydrogens (primary N) is 1. The van der Waals surface area contributed by atoms with Gasteiger partial charge in [0.25, 0.3) is 0 Å². The molecule has 0 saturated carbocycles. The Hall–Kier alpha value is -0.890. The maximum absolute atomic E-state index is 12.2. The van der Waals surface area contributed by atoms with E-state index in [0.29, 0.717) is 19.5 Å². The summed E-state index contributed by atoms with van der Waals surface area (Å²) in [5, 5.41) is 0.260. The molecule has 0 radical (unpaired) electrons. The second-order valence-corrected chi connectivity index (χ2v) is 3.69. The monoisotopic (exact) mass is 240 g/mol. The van der Waals surface area contributed by atoms with Crippen LogP contribution in [0.25, 0.3) is 0 Å². The van der Waals surface area contributed by atoms with Gasteiger partial charge in [-0.3, -0.25) is 0 Å². The maximum atomic E-state index is 12.2. The van der Waals surface area contributed by atoms with Crippen LogP contribution in [0.1, 0.15) is 12.2 Å². The number of hydrogen-bond donors (Lipinski definition) is 1. The topological polar surface area (TPSA) is 55.0 Å². The number of anilines is 1. The highest BCUT2D eigenvalue weighted by Crippen LogP contribution is 2.29. The van der Waals surface area contributed by atoms with Crippen LogP contribution in [0.4, 0.5) is 18.3 Å². The molecule has 1 heterocycles. The Morgan fingerprint density at radius 3 is 2.60 bits per heavy atom. The van der Waals surface area contributed by atoms with Crippen molar-refractivity contribution >= 4 is 16.7 Å². The minimum atomic E-state index is -4.47. The Kier molecular flexibility index (Phi) is 3.86. The molecule has 8 heteroatoms. The lowest BCUT2D eigenvalue weighted by atomic mass is 10.4. The molecule has 0 amide bonds. The van der Waals surface area contributed by atoms with Crippen molar-refractivity contribution < 1.29 is 13.2 Å². The van der Waals surface area contributed by atoms with Gasteiger partial charge >= 0.3 is 6.18 Å². The van der Waals surface area contributed by atoms with E-state index >= 15 is 0 Å². The van der Waals surface area contributed by atoms with Crippen LogP contribution < -0.4 is 10.6 Å². The number of halogens is 3. The number of hydrogen-bond acceptors (Lipinski definition) is 5. The lowest BCUT2D eigenvalue weighted by Gasteiger charge is -2.13. The number of rotatable bonds is 4. The molecule has 86 valence electrons. The molecule has 1 aromatic heterocycles. The van der Waals surface area contributed by atoms with E-state index in [4.69, 9.17) is 5.73 Å². The zero-order chi connectivity index (χ0) is 11.5. The molecular weight excluding hydrogens is 229 g/mol. The van der Waals surface area contributed by atoms with Gasteiger partial charge in [-0.2, -0.15) is 22.5 Å². The molecule has 0 fully saturated rings. The SMILES string of the molecule is CN(CCCN)c1nc(C(F)(F)F)ns1. The first-order valence-electron chi connectivity index (χ1n) is 4.27. The summed E-state index contributed by atoms with van der Waals surface area (Å²) in [7, 11) is 1.66. The van der Waals surface area contributed by atoms with E-state index in [1.807, 2.05) is 0 Å². The van der Waals surface area contributed by atoms with Crippen molar-refractivity contribution in [2.45, 2.75) is 12.6 Å². The predicted molar refractivity (Wildman–Crippen MR) is 51.9 cm³/mol. The molecule has 4 nitrogen and oxygen atoms in total. The van der Waals surface area contributed by atoms with Crippen LogP contribution in [0.2, 0.25) is 0 Å². The lowest BCUT2D eigenvalue weighted by molar-refractivity contribution is -0.144. The molecule has 0 saturated heterocycles. The molecule has 0 aromatic carbocycles. The van der Waals surface area contributed by atoms with Crippen LogP contribution in [0.5, 0.6) is 0 Å². The summed E-state index contributed by atoms with van der Waals surface area (Å²) in [5.74, 6) is -1.08. The highest BCUT2D eigenvalue weighted by molar-refractivity contribution is 7.09. The third-order valence-electron chi connectivity index (χ3n) is 1.69. The third kappa shape index (κ3) is 3.31. The standard InChI is InChI=1S/C7H11F3N4S/c1-14(4-2-3-11)6-12-5(13-15-6)7(8,9)10/h2-4,11H2,1H3. The highest BCUT2D eigenvalue weighted by atomic mass is 32.1. The fourth-order valence-corrected chi connectivity index (χ4v) is 1.58. The van der Waals surface area contributed by atoms with E-state index in [-0.39, 0.29) is 5.13 Å². The van der Waals surface area contributed by atoms with Gasteiger partial charge in [0.2, 0.25) is 11.0 Å². The summed E-state index contributed by atoms with van der Waals surface area (Å²) in [5.41, 5.74) is 5.29. The van der Waals surface area contributed by atoms with E-state index in [1.54, 1.807) is 11.9 Å². The fourth-order valence-electron chi connectivity index (χ4n) is 0.910. The summed E-state index contributed by atoms with van der Waals surface area (Å²) >= 11 is 0.739. The first-order valence-corrected chi connectivity index (χ1v) is 5.04. The van der Waals surface area contributed by atoms with Gasteiger partial charge in [0.05, 0.1) is 0 Å². The van der Waals surface area contributed by atoms with Crippen LogP contribution in [0.15, 0.2) is 0 Å². The van der Waals surface area contributed by atoms with Gasteiger partial charge in [-0.25, -0.2) is 0 Å². The Bertz CT molecular complexity index is 311. The Labute approximate surface area is 89.1 Å². The second-order valence-electron chi connectivity index (χ2n) is 2.96. The zero-order valence-electron chi connectivity index (χ0n) is 8.08. The van der Waals surface area contributed by atoms with Gasteiger partial charge in [-0.15, -0.1) is 0 Å². The lowest BCUT2D eigenvalue weighted by Crippen LogP contribution is -2.21. The molecule has 15 heavy (non-hydrogen) atoms. The van der Waals surface area contributed by atoms with Gasteiger partial charge in [0, 0.05) is 25.1 Å². The summed E-state index contributed by atoms with van der Waals surface area (Å²) in [6, 6.07) is 0. The van der Waals surface area contributed by atoms with Crippen molar-refractivity contribution in [3.8, 4) is 0 Å². The van der Waals surface area contributed by atoms with Gasteiger partial charge in [0.15, 0.2) is 0 Å². The average Bonchev–Trinajstić information content (AvgIpc) is 2.62.